The van der Waals surface area contributed by atoms with Crippen LogP contribution >= 0.6 is 11.8 Å². The Morgan fingerprint density at radius 1 is 1.23 bits per heavy atom. The standard InChI is InChI=1S/C19H27N3O3S/c1-25-18(23)17(9-15-26-2)20-19(24)22-13-11-21(12-14-22)10-8-16-6-4-3-5-7-16/h3-8,10,17H,9,11-15H2,1-2H3,(H,20,24)/t17-/m0/s1. The molecule has 1 heterocycles. The minimum absolute atomic E-state index is 0.201. The molecular formula is C19H27N3O3S. The molecule has 7 heteroatoms. The highest BCUT2D eigenvalue weighted by molar-refractivity contribution is 7.98. The first-order chi connectivity index (χ1) is 12.6. The van der Waals surface area contributed by atoms with E-state index in [1.807, 2.05) is 24.5 Å². The highest BCUT2D eigenvalue weighted by Crippen LogP contribution is 2.08. The predicted molar refractivity (Wildman–Crippen MR) is 106 cm³/mol. The van der Waals surface area contributed by atoms with Gasteiger partial charge in [-0.25, -0.2) is 9.59 Å². The minimum Gasteiger partial charge on any atom is -0.467 e. The number of hydrogen-bond donors (Lipinski definition) is 1. The molecule has 1 aliphatic heterocycles. The molecule has 142 valence electrons. The van der Waals surface area contributed by atoms with Crippen LogP contribution < -0.4 is 5.32 Å². The maximum Gasteiger partial charge on any atom is 0.328 e. The molecular weight excluding hydrogens is 350 g/mol. The van der Waals surface area contributed by atoms with E-state index in [2.05, 4.69) is 34.6 Å². The molecule has 0 radical (unpaired) electrons. The van der Waals surface area contributed by atoms with Gasteiger partial charge in [0.1, 0.15) is 6.04 Å². The van der Waals surface area contributed by atoms with Crippen LogP contribution in [0.2, 0.25) is 0 Å². The van der Waals surface area contributed by atoms with Crippen molar-refractivity contribution in [1.82, 2.24) is 15.1 Å². The van der Waals surface area contributed by atoms with Crippen LogP contribution in [0.1, 0.15) is 12.0 Å². The van der Waals surface area contributed by atoms with E-state index >= 15 is 0 Å². The van der Waals surface area contributed by atoms with Crippen LogP contribution in [-0.4, -0.2) is 73.1 Å². The summed E-state index contributed by atoms with van der Waals surface area (Å²) < 4.78 is 4.79. The Bertz CT molecular complexity index is 601. The Labute approximate surface area is 159 Å². The van der Waals surface area contributed by atoms with Crippen LogP contribution in [0.3, 0.4) is 0 Å². The Hall–Kier alpha value is -2.15. The molecule has 26 heavy (non-hydrogen) atoms. The highest BCUT2D eigenvalue weighted by Gasteiger charge is 2.25. The first-order valence-corrected chi connectivity index (χ1v) is 10.1. The van der Waals surface area contributed by atoms with Crippen molar-refractivity contribution in [3.8, 4) is 0 Å². The van der Waals surface area contributed by atoms with E-state index in [0.717, 1.165) is 24.4 Å². The van der Waals surface area contributed by atoms with Gasteiger partial charge in [-0.3, -0.25) is 0 Å². The van der Waals surface area contributed by atoms with E-state index < -0.39 is 12.0 Å². The average Bonchev–Trinajstić information content (AvgIpc) is 2.70. The van der Waals surface area contributed by atoms with Crippen molar-refractivity contribution in [3.63, 3.8) is 0 Å². The van der Waals surface area contributed by atoms with Crippen molar-refractivity contribution in [3.05, 3.63) is 42.1 Å². The summed E-state index contributed by atoms with van der Waals surface area (Å²) in [6.07, 6.45) is 6.68. The Kier molecular flexibility index (Phi) is 8.34. The Morgan fingerprint density at radius 2 is 1.92 bits per heavy atom. The van der Waals surface area contributed by atoms with Crippen LogP contribution in [0.5, 0.6) is 0 Å². The summed E-state index contributed by atoms with van der Waals surface area (Å²) in [5, 5.41) is 2.81. The van der Waals surface area contributed by atoms with E-state index in [9.17, 15) is 9.59 Å². The SMILES string of the molecule is COC(=O)[C@H](CCSC)NC(=O)N1CCN(C=Cc2ccccc2)CC1. The molecule has 0 spiro atoms. The third-order valence-electron chi connectivity index (χ3n) is 4.27. The zero-order chi connectivity index (χ0) is 18.8. The fourth-order valence-corrected chi connectivity index (χ4v) is 3.17. The second-order valence-corrected chi connectivity index (χ2v) is 7.04. The summed E-state index contributed by atoms with van der Waals surface area (Å²) in [6, 6.07) is 9.34. The fourth-order valence-electron chi connectivity index (χ4n) is 2.70. The van der Waals surface area contributed by atoms with Crippen molar-refractivity contribution in [2.24, 2.45) is 0 Å². The molecule has 0 saturated carbocycles. The number of thioether (sulfide) groups is 1. The minimum atomic E-state index is -0.587. The Morgan fingerprint density at radius 3 is 2.54 bits per heavy atom. The van der Waals surface area contributed by atoms with Gasteiger partial charge in [0.25, 0.3) is 0 Å². The molecule has 1 atom stereocenters. The average molecular weight is 378 g/mol. The number of nitrogens with one attached hydrogen (secondary N) is 1. The maximum atomic E-state index is 12.4. The van der Waals surface area contributed by atoms with Crippen molar-refractivity contribution >= 4 is 29.8 Å². The van der Waals surface area contributed by atoms with Gasteiger partial charge in [0, 0.05) is 26.2 Å². The molecule has 1 saturated heterocycles. The topological polar surface area (TPSA) is 61.9 Å². The number of nitrogens with zero attached hydrogens (tertiary/aromatic N) is 2. The highest BCUT2D eigenvalue weighted by atomic mass is 32.2. The number of piperazine rings is 1. The lowest BCUT2D eigenvalue weighted by Gasteiger charge is -2.34. The fraction of sp³-hybridized carbons (Fsp3) is 0.474. The molecule has 1 fully saturated rings. The number of carbonyl (C=O) groups is 2. The summed E-state index contributed by atoms with van der Waals surface area (Å²) in [6.45, 7) is 2.79. The first kappa shape index (κ1) is 20.2. The second-order valence-electron chi connectivity index (χ2n) is 6.06. The van der Waals surface area contributed by atoms with Gasteiger partial charge < -0.3 is 19.9 Å². The summed E-state index contributed by atoms with van der Waals surface area (Å²) in [5.41, 5.74) is 1.15. The van der Waals surface area contributed by atoms with E-state index in [-0.39, 0.29) is 6.03 Å². The largest absolute Gasteiger partial charge is 0.467 e. The van der Waals surface area contributed by atoms with Crippen LogP contribution in [0, 0.1) is 0 Å². The molecule has 2 amide bonds. The lowest BCUT2D eigenvalue weighted by molar-refractivity contribution is -0.142. The molecule has 2 rings (SSSR count). The van der Waals surface area contributed by atoms with Crippen LogP contribution in [0.4, 0.5) is 4.79 Å². The molecule has 0 aromatic heterocycles. The van der Waals surface area contributed by atoms with Gasteiger partial charge >= 0.3 is 12.0 Å². The van der Waals surface area contributed by atoms with Crippen LogP contribution in [-0.2, 0) is 9.53 Å². The number of esters is 1. The molecule has 0 aliphatic carbocycles. The van der Waals surface area contributed by atoms with Gasteiger partial charge in [0.05, 0.1) is 7.11 Å². The summed E-state index contributed by atoms with van der Waals surface area (Å²) in [7, 11) is 1.35. The van der Waals surface area contributed by atoms with Gasteiger partial charge in [-0.2, -0.15) is 11.8 Å². The number of carbonyl (C=O) groups excluding carboxylic acids is 2. The van der Waals surface area contributed by atoms with E-state index in [0.29, 0.717) is 19.5 Å². The van der Waals surface area contributed by atoms with Crippen LogP contribution in [0.15, 0.2) is 36.5 Å². The van der Waals surface area contributed by atoms with Crippen molar-refractivity contribution in [2.75, 3.05) is 45.3 Å². The van der Waals surface area contributed by atoms with Gasteiger partial charge in [0.15, 0.2) is 0 Å². The first-order valence-electron chi connectivity index (χ1n) is 8.73. The van der Waals surface area contributed by atoms with Crippen LogP contribution in [0.25, 0.3) is 6.08 Å². The number of methoxy groups -OCH3 is 1. The van der Waals surface area contributed by atoms with Crippen molar-refractivity contribution in [2.45, 2.75) is 12.5 Å². The quantitative estimate of drug-likeness (QED) is 0.739. The number of ether oxygens (including phenoxy) is 1. The number of rotatable bonds is 7. The number of amides is 2. The van der Waals surface area contributed by atoms with E-state index in [1.165, 1.54) is 7.11 Å². The predicted octanol–water partition coefficient (Wildman–Crippen LogP) is 2.28. The molecule has 0 bridgehead atoms. The van der Waals surface area contributed by atoms with Gasteiger partial charge in [-0.05, 0) is 36.3 Å². The number of hydrogen-bond acceptors (Lipinski definition) is 5. The molecule has 1 aliphatic rings. The van der Waals surface area contributed by atoms with Gasteiger partial charge in [-0.15, -0.1) is 0 Å². The molecule has 1 N–H and O–H groups in total. The normalized spacial score (nSPS) is 15.8. The Balaban J connectivity index is 1.81. The maximum absolute atomic E-state index is 12.4. The van der Waals surface area contributed by atoms with Crippen molar-refractivity contribution < 1.29 is 14.3 Å². The van der Waals surface area contributed by atoms with Gasteiger partial charge in [-0.1, -0.05) is 30.3 Å². The van der Waals surface area contributed by atoms with Gasteiger partial charge in [0.2, 0.25) is 0 Å². The second kappa shape index (κ2) is 10.8. The summed E-state index contributed by atoms with van der Waals surface area (Å²) >= 11 is 1.64. The zero-order valence-electron chi connectivity index (χ0n) is 15.4. The smallest absolute Gasteiger partial charge is 0.328 e. The zero-order valence-corrected chi connectivity index (χ0v) is 16.2. The summed E-state index contributed by atoms with van der Waals surface area (Å²) in [4.78, 5) is 28.2. The number of urea groups is 1. The molecule has 1 aromatic rings. The monoisotopic (exact) mass is 377 g/mol. The lowest BCUT2D eigenvalue weighted by atomic mass is 10.2. The molecule has 0 unspecified atom stereocenters. The number of benzene rings is 1. The van der Waals surface area contributed by atoms with E-state index in [1.54, 1.807) is 16.7 Å². The molecule has 1 aromatic carbocycles. The molecule has 6 nitrogen and oxygen atoms in total. The third kappa shape index (κ3) is 6.29. The van der Waals surface area contributed by atoms with Crippen molar-refractivity contribution in [1.29, 1.82) is 0 Å². The summed E-state index contributed by atoms with van der Waals surface area (Å²) in [5.74, 6) is 0.398. The third-order valence-corrected chi connectivity index (χ3v) is 4.92. The lowest BCUT2D eigenvalue weighted by Crippen LogP contribution is -2.54. The van der Waals surface area contributed by atoms with E-state index in [4.69, 9.17) is 4.74 Å².